The van der Waals surface area contributed by atoms with Gasteiger partial charge in [0, 0.05) is 55.3 Å². The molecule has 0 atom stereocenters. The lowest BCUT2D eigenvalue weighted by Crippen LogP contribution is -2.40. The summed E-state index contributed by atoms with van der Waals surface area (Å²) in [6, 6.07) is 4.64. The Morgan fingerprint density at radius 3 is 2.53 bits per heavy atom. The Morgan fingerprint density at radius 2 is 1.79 bits per heavy atom. The van der Waals surface area contributed by atoms with Crippen LogP contribution in [0.3, 0.4) is 0 Å². The molecule has 1 aromatic carbocycles. The highest BCUT2D eigenvalue weighted by Gasteiger charge is 2.35. The molecule has 0 bridgehead atoms. The fourth-order valence-electron chi connectivity index (χ4n) is 3.77. The molecular formula is C22H16F5N5OS. The number of halogens is 5. The van der Waals surface area contributed by atoms with Crippen molar-refractivity contribution in [3.63, 3.8) is 0 Å². The highest BCUT2D eigenvalue weighted by atomic mass is 32.1. The van der Waals surface area contributed by atoms with Crippen molar-refractivity contribution < 1.29 is 26.7 Å². The van der Waals surface area contributed by atoms with Gasteiger partial charge in [0.2, 0.25) is 0 Å². The average molecular weight is 493 g/mol. The number of carbonyl (C=O) groups excluding carboxylic acids is 1. The minimum atomic E-state index is -2.75. The maximum atomic E-state index is 14.7. The van der Waals surface area contributed by atoms with E-state index in [1.165, 1.54) is 29.4 Å². The smallest absolute Gasteiger partial charge is 0.275 e. The standard InChI is InChI=1S/C22H16F5N5OS/c23-13-6-12-16(7-14(13)24)28-10-18(12)30-21(33)17-8-19(34-31-17)11-5-15(25)20(29-9-11)32-3-1-22(26,27)2-4-32/h5-10,28H,1-4H2,(H,30,33). The van der Waals surface area contributed by atoms with Crippen molar-refractivity contribution in [3.8, 4) is 10.4 Å². The van der Waals surface area contributed by atoms with Gasteiger partial charge in [-0.15, -0.1) is 0 Å². The number of aromatic nitrogens is 3. The van der Waals surface area contributed by atoms with Gasteiger partial charge >= 0.3 is 0 Å². The van der Waals surface area contributed by atoms with Crippen LogP contribution in [-0.4, -0.2) is 39.3 Å². The number of rotatable bonds is 4. The number of nitrogens with one attached hydrogen (secondary N) is 2. The second-order valence-corrected chi connectivity index (χ2v) is 8.72. The largest absolute Gasteiger partial charge is 0.359 e. The van der Waals surface area contributed by atoms with Crippen LogP contribution in [0.1, 0.15) is 23.3 Å². The summed E-state index contributed by atoms with van der Waals surface area (Å²) in [6.45, 7) is 0.0110. The number of piperidine rings is 1. The van der Waals surface area contributed by atoms with E-state index >= 15 is 0 Å². The summed E-state index contributed by atoms with van der Waals surface area (Å²) in [5.74, 6) is -6.05. The number of alkyl halides is 2. The molecule has 2 N–H and O–H groups in total. The van der Waals surface area contributed by atoms with Crippen molar-refractivity contribution >= 4 is 39.8 Å². The van der Waals surface area contributed by atoms with E-state index < -0.39 is 29.3 Å². The number of aromatic amines is 1. The lowest BCUT2D eigenvalue weighted by Gasteiger charge is -2.32. The minimum Gasteiger partial charge on any atom is -0.359 e. The number of hydrogen-bond acceptors (Lipinski definition) is 5. The average Bonchev–Trinajstić information content (AvgIpc) is 3.43. The maximum Gasteiger partial charge on any atom is 0.275 e. The molecule has 0 aliphatic carbocycles. The monoisotopic (exact) mass is 493 g/mol. The van der Waals surface area contributed by atoms with Gasteiger partial charge in [-0.05, 0) is 29.7 Å². The van der Waals surface area contributed by atoms with Gasteiger partial charge in [0.15, 0.2) is 23.3 Å². The predicted octanol–water partition coefficient (Wildman–Crippen LogP) is 5.59. The van der Waals surface area contributed by atoms with Gasteiger partial charge in [-0.1, -0.05) is 0 Å². The van der Waals surface area contributed by atoms with Crippen molar-refractivity contribution in [3.05, 3.63) is 59.8 Å². The summed E-state index contributed by atoms with van der Waals surface area (Å²) < 4.78 is 72.5. The summed E-state index contributed by atoms with van der Waals surface area (Å²) in [7, 11) is 0. The third-order valence-electron chi connectivity index (χ3n) is 5.61. The van der Waals surface area contributed by atoms with E-state index in [2.05, 4.69) is 19.7 Å². The van der Waals surface area contributed by atoms with Crippen LogP contribution in [0.2, 0.25) is 0 Å². The Hall–Kier alpha value is -3.54. The first-order chi connectivity index (χ1) is 16.2. The van der Waals surface area contributed by atoms with E-state index in [0.717, 1.165) is 23.7 Å². The Bertz CT molecular complexity index is 1390. The van der Waals surface area contributed by atoms with Gasteiger partial charge < -0.3 is 15.2 Å². The molecule has 1 aliphatic rings. The van der Waals surface area contributed by atoms with Gasteiger partial charge in [0.1, 0.15) is 5.69 Å². The lowest BCUT2D eigenvalue weighted by atomic mass is 10.1. The highest BCUT2D eigenvalue weighted by molar-refractivity contribution is 7.09. The van der Waals surface area contributed by atoms with E-state index in [-0.39, 0.29) is 43.1 Å². The van der Waals surface area contributed by atoms with Gasteiger partial charge in [0.25, 0.3) is 11.8 Å². The SMILES string of the molecule is O=C(Nc1c[nH]c2cc(F)c(F)cc12)c1cc(-c2cnc(N3CCC(F)(F)CC3)c(F)c2)sn1. The van der Waals surface area contributed by atoms with Gasteiger partial charge in [-0.2, -0.15) is 4.37 Å². The predicted molar refractivity (Wildman–Crippen MR) is 118 cm³/mol. The molecule has 5 rings (SSSR count). The van der Waals surface area contributed by atoms with Gasteiger partial charge in [-0.3, -0.25) is 4.79 Å². The fraction of sp³-hybridized carbons (Fsp3) is 0.227. The van der Waals surface area contributed by atoms with Gasteiger partial charge in [-0.25, -0.2) is 26.9 Å². The summed E-state index contributed by atoms with van der Waals surface area (Å²) in [5, 5.41) is 2.88. The first-order valence-electron chi connectivity index (χ1n) is 10.2. The highest BCUT2D eigenvalue weighted by Crippen LogP contribution is 2.33. The quantitative estimate of drug-likeness (QED) is 0.364. The van der Waals surface area contributed by atoms with Gasteiger partial charge in [0.05, 0.1) is 16.1 Å². The molecule has 4 aromatic rings. The molecule has 0 saturated carbocycles. The molecule has 1 fully saturated rings. The van der Waals surface area contributed by atoms with Crippen LogP contribution in [0, 0.1) is 17.5 Å². The molecule has 1 saturated heterocycles. The second-order valence-electron chi connectivity index (χ2n) is 7.92. The number of benzene rings is 1. The molecule has 12 heteroatoms. The molecule has 176 valence electrons. The van der Waals surface area contributed by atoms with Crippen LogP contribution in [0.15, 0.2) is 36.7 Å². The van der Waals surface area contributed by atoms with Crippen LogP contribution in [0.5, 0.6) is 0 Å². The number of carbonyl (C=O) groups is 1. The molecule has 0 radical (unpaired) electrons. The number of fused-ring (bicyclic) bond motifs is 1. The van der Waals surface area contributed by atoms with Crippen molar-refractivity contribution in [2.45, 2.75) is 18.8 Å². The fourth-order valence-corrected chi connectivity index (χ4v) is 4.48. The third-order valence-corrected chi connectivity index (χ3v) is 6.45. The number of nitrogens with zero attached hydrogens (tertiary/aromatic N) is 3. The number of hydrogen-bond donors (Lipinski definition) is 2. The molecule has 1 amide bonds. The number of anilines is 2. The molecule has 6 nitrogen and oxygen atoms in total. The first-order valence-corrected chi connectivity index (χ1v) is 11.0. The van der Waals surface area contributed by atoms with Crippen molar-refractivity contribution in [2.75, 3.05) is 23.3 Å². The molecule has 0 spiro atoms. The Kier molecular flexibility index (Phi) is 5.47. The summed E-state index contributed by atoms with van der Waals surface area (Å²) in [5.41, 5.74) is 0.981. The Balaban J connectivity index is 1.32. The number of amides is 1. The van der Waals surface area contributed by atoms with E-state index in [4.69, 9.17) is 0 Å². The molecule has 0 unspecified atom stereocenters. The van der Waals surface area contributed by atoms with Crippen molar-refractivity contribution in [1.29, 1.82) is 0 Å². The molecule has 3 aromatic heterocycles. The molecule has 1 aliphatic heterocycles. The summed E-state index contributed by atoms with van der Waals surface area (Å²) in [6.07, 6.45) is 2.09. The zero-order valence-corrected chi connectivity index (χ0v) is 18.2. The van der Waals surface area contributed by atoms with Crippen LogP contribution in [-0.2, 0) is 0 Å². The van der Waals surface area contributed by atoms with Crippen LogP contribution in [0.4, 0.5) is 33.5 Å². The van der Waals surface area contributed by atoms with Crippen LogP contribution in [0.25, 0.3) is 21.3 Å². The second kappa shape index (κ2) is 8.35. The minimum absolute atomic E-state index is 0.00439. The summed E-state index contributed by atoms with van der Waals surface area (Å²) in [4.78, 5) is 21.4. The zero-order valence-electron chi connectivity index (χ0n) is 17.3. The lowest BCUT2D eigenvalue weighted by molar-refractivity contribution is -0.0222. The first kappa shape index (κ1) is 22.3. The number of H-pyrrole nitrogens is 1. The van der Waals surface area contributed by atoms with E-state index in [1.54, 1.807) is 0 Å². The topological polar surface area (TPSA) is 73.9 Å². The normalized spacial score (nSPS) is 15.6. The van der Waals surface area contributed by atoms with E-state index in [1.807, 2.05) is 0 Å². The molecule has 4 heterocycles. The van der Waals surface area contributed by atoms with Crippen molar-refractivity contribution in [1.82, 2.24) is 14.3 Å². The van der Waals surface area contributed by atoms with E-state index in [0.29, 0.717) is 21.3 Å². The summed E-state index contributed by atoms with van der Waals surface area (Å²) >= 11 is 0.954. The van der Waals surface area contributed by atoms with Crippen LogP contribution >= 0.6 is 11.5 Å². The third kappa shape index (κ3) is 4.20. The van der Waals surface area contributed by atoms with Crippen molar-refractivity contribution in [2.24, 2.45) is 0 Å². The zero-order chi connectivity index (χ0) is 24.0. The Labute approximate surface area is 193 Å². The Morgan fingerprint density at radius 1 is 1.06 bits per heavy atom. The van der Waals surface area contributed by atoms with Crippen LogP contribution < -0.4 is 10.2 Å². The maximum absolute atomic E-state index is 14.7. The number of pyridine rings is 1. The van der Waals surface area contributed by atoms with E-state index in [9.17, 15) is 26.7 Å². The molecule has 34 heavy (non-hydrogen) atoms. The molecular weight excluding hydrogens is 477 g/mol.